The second-order valence-electron chi connectivity index (χ2n) is 11.4. The summed E-state index contributed by atoms with van der Waals surface area (Å²) in [7, 11) is 0. The van der Waals surface area contributed by atoms with Gasteiger partial charge in [0.1, 0.15) is 16.5 Å². The summed E-state index contributed by atoms with van der Waals surface area (Å²) in [5.74, 6) is -0.532. The highest BCUT2D eigenvalue weighted by atomic mass is 32.1. The average Bonchev–Trinajstić information content (AvgIpc) is 3.53. The molecule has 2 aliphatic rings. The third-order valence-electron chi connectivity index (χ3n) is 8.20. The maximum absolute atomic E-state index is 13.7. The van der Waals surface area contributed by atoms with Crippen LogP contribution in [0.2, 0.25) is 0 Å². The van der Waals surface area contributed by atoms with Gasteiger partial charge in [-0.3, -0.25) is 19.4 Å². The van der Waals surface area contributed by atoms with Crippen LogP contribution in [0, 0.1) is 6.92 Å². The van der Waals surface area contributed by atoms with Crippen LogP contribution in [0.25, 0.3) is 11.3 Å². The number of carboxylic acid groups (broad SMARTS) is 1. The van der Waals surface area contributed by atoms with Crippen molar-refractivity contribution in [1.29, 1.82) is 0 Å². The Kier molecular flexibility index (Phi) is 10.4. The van der Waals surface area contributed by atoms with Crippen molar-refractivity contribution in [2.75, 3.05) is 37.6 Å². The second kappa shape index (κ2) is 13.7. The zero-order valence-corrected chi connectivity index (χ0v) is 25.2. The van der Waals surface area contributed by atoms with Crippen molar-refractivity contribution in [1.82, 2.24) is 24.8 Å². The number of ketones is 1. The number of nitrogens with zero attached hydrogens (tertiary/aromatic N) is 6. The lowest BCUT2D eigenvalue weighted by atomic mass is 10.0. The minimum atomic E-state index is -4.48. The molecule has 44 heavy (non-hydrogen) atoms. The highest BCUT2D eigenvalue weighted by molar-refractivity contribution is 7.12. The molecule has 5 rings (SSSR count). The Labute approximate surface area is 259 Å². The molecule has 2 saturated heterocycles. The Bertz CT molecular complexity index is 1480. The summed E-state index contributed by atoms with van der Waals surface area (Å²) in [6.07, 6.45) is 0.596. The van der Waals surface area contributed by atoms with E-state index in [1.54, 1.807) is 12.3 Å². The molecule has 4 heterocycles. The maximum atomic E-state index is 13.7. The van der Waals surface area contributed by atoms with Gasteiger partial charge in [-0.15, -0.1) is 11.3 Å². The van der Waals surface area contributed by atoms with Crippen LogP contribution < -0.4 is 4.90 Å². The number of benzene rings is 1. The summed E-state index contributed by atoms with van der Waals surface area (Å²) < 4.78 is 41.1. The van der Waals surface area contributed by atoms with Gasteiger partial charge in [0.15, 0.2) is 5.78 Å². The molecule has 0 spiro atoms. The first kappa shape index (κ1) is 33.5. The molecule has 238 valence electrons. The summed E-state index contributed by atoms with van der Waals surface area (Å²) >= 11 is 1.36. The lowest BCUT2D eigenvalue weighted by Gasteiger charge is -2.39. The van der Waals surface area contributed by atoms with Gasteiger partial charge in [0.2, 0.25) is 0 Å². The molecule has 2 atom stereocenters. The van der Waals surface area contributed by atoms with Crippen LogP contribution in [0.15, 0.2) is 30.6 Å². The van der Waals surface area contributed by atoms with Gasteiger partial charge >= 0.3 is 12.1 Å². The number of carbonyl (C=O) groups excluding carboxylic acids is 1. The zero-order chi connectivity index (χ0) is 30.9. The molecule has 13 heteroatoms. The molecule has 9 nitrogen and oxygen atoms in total. The van der Waals surface area contributed by atoms with Crippen molar-refractivity contribution in [3.8, 4) is 11.3 Å². The van der Waals surface area contributed by atoms with Crippen molar-refractivity contribution in [2.24, 2.45) is 0 Å². The van der Waals surface area contributed by atoms with Crippen molar-refractivity contribution in [3.63, 3.8) is 0 Å². The second-order valence-corrected chi connectivity index (χ2v) is 12.6. The number of carbonyl (C=O) groups is 2. The number of hydrogen-bond acceptors (Lipinski definition) is 9. The van der Waals surface area contributed by atoms with Crippen molar-refractivity contribution >= 4 is 28.9 Å². The number of anilines is 1. The molecule has 1 N–H and O–H groups in total. The van der Waals surface area contributed by atoms with Gasteiger partial charge < -0.3 is 10.0 Å². The van der Waals surface area contributed by atoms with Gasteiger partial charge in [-0.2, -0.15) is 13.2 Å². The van der Waals surface area contributed by atoms with Gasteiger partial charge in [-0.1, -0.05) is 19.6 Å². The van der Waals surface area contributed by atoms with E-state index in [1.165, 1.54) is 30.5 Å². The van der Waals surface area contributed by atoms with E-state index in [-0.39, 0.29) is 43.5 Å². The Morgan fingerprint density at radius 2 is 1.86 bits per heavy atom. The number of rotatable bonds is 9. The number of aliphatic carboxylic acids is 1. The molecule has 0 radical (unpaired) electrons. The number of thiazole rings is 1. The van der Waals surface area contributed by atoms with Crippen LogP contribution >= 0.6 is 11.3 Å². The fourth-order valence-corrected chi connectivity index (χ4v) is 6.96. The smallest absolute Gasteiger partial charge is 0.416 e. The molecule has 0 unspecified atom stereocenters. The normalized spacial score (nSPS) is 19.6. The van der Waals surface area contributed by atoms with E-state index in [4.69, 9.17) is 10.1 Å². The molecule has 0 bridgehead atoms. The van der Waals surface area contributed by atoms with E-state index in [0.717, 1.165) is 30.3 Å². The SMILES string of the molecule is C.Cc1ccc(-c2nc(CC(=O)c3cnc(N4CCN(CC(=O)O)C[C@H]4C)cn3)sc2CN2CCC[C@H]2C)cc1C(F)(F)F. The van der Waals surface area contributed by atoms with Crippen LogP contribution in [0.3, 0.4) is 0 Å². The molecule has 0 saturated carbocycles. The summed E-state index contributed by atoms with van der Waals surface area (Å²) in [5, 5.41) is 9.58. The van der Waals surface area contributed by atoms with E-state index in [0.29, 0.717) is 54.3 Å². The predicted molar refractivity (Wildman–Crippen MR) is 164 cm³/mol. The molecular formula is C31H39F3N6O3S. The van der Waals surface area contributed by atoms with Crippen LogP contribution in [0.4, 0.5) is 19.0 Å². The lowest BCUT2D eigenvalue weighted by Crippen LogP contribution is -2.53. The maximum Gasteiger partial charge on any atom is 0.416 e. The van der Waals surface area contributed by atoms with Crippen LogP contribution in [0.1, 0.15) is 65.6 Å². The first-order chi connectivity index (χ1) is 20.4. The average molecular weight is 633 g/mol. The third-order valence-corrected chi connectivity index (χ3v) is 9.24. The molecule has 0 amide bonds. The monoisotopic (exact) mass is 632 g/mol. The number of carboxylic acids is 1. The minimum absolute atomic E-state index is 0. The van der Waals surface area contributed by atoms with E-state index in [9.17, 15) is 22.8 Å². The molecule has 2 aliphatic heterocycles. The number of hydrogen-bond donors (Lipinski definition) is 1. The summed E-state index contributed by atoms with van der Waals surface area (Å²) in [6.45, 7) is 8.77. The van der Waals surface area contributed by atoms with E-state index in [2.05, 4.69) is 21.8 Å². The fourth-order valence-electron chi connectivity index (χ4n) is 5.85. The molecule has 2 aromatic heterocycles. The number of likely N-dealkylation sites (tertiary alicyclic amines) is 1. The first-order valence-corrected chi connectivity index (χ1v) is 15.2. The number of alkyl halides is 3. The van der Waals surface area contributed by atoms with Gasteiger partial charge in [0.05, 0.1) is 36.6 Å². The topological polar surface area (TPSA) is 103 Å². The molecule has 1 aromatic carbocycles. The summed E-state index contributed by atoms with van der Waals surface area (Å²) in [6, 6.07) is 4.66. The number of aryl methyl sites for hydroxylation is 1. The standard InChI is InChI=1S/C30H35F3N6O3S.CH4/c1-18-6-7-21(11-22(18)30(31,32)33)29-25(16-38-8-4-5-19(38)2)43-27(36-29)12-24(40)23-13-35-26(14-34-23)39-10-9-37(15-20(39)3)17-28(41)42;/h6-7,11,13-14,19-20H,4-5,8-10,12,15-17H2,1-3H3,(H,41,42);1H4/t19-,20-;/m1./s1. The van der Waals surface area contributed by atoms with Gasteiger partial charge in [0.25, 0.3) is 0 Å². The van der Waals surface area contributed by atoms with Crippen molar-refractivity contribution in [2.45, 2.75) is 72.3 Å². The quantitative estimate of drug-likeness (QED) is 0.304. The zero-order valence-electron chi connectivity index (χ0n) is 24.4. The van der Waals surface area contributed by atoms with Gasteiger partial charge in [-0.05, 0) is 51.8 Å². The first-order valence-electron chi connectivity index (χ1n) is 14.4. The van der Waals surface area contributed by atoms with Crippen LogP contribution in [0.5, 0.6) is 0 Å². The lowest BCUT2D eigenvalue weighted by molar-refractivity contribution is -0.139. The molecule has 3 aromatic rings. The van der Waals surface area contributed by atoms with E-state index < -0.39 is 17.7 Å². The van der Waals surface area contributed by atoms with E-state index in [1.807, 2.05) is 16.7 Å². The fraction of sp³-hybridized carbons (Fsp3) is 0.516. The molecule has 2 fully saturated rings. The predicted octanol–water partition coefficient (Wildman–Crippen LogP) is 5.57. The largest absolute Gasteiger partial charge is 0.480 e. The molecular weight excluding hydrogens is 593 g/mol. The molecule has 0 aliphatic carbocycles. The highest BCUT2D eigenvalue weighted by Crippen LogP contribution is 2.37. The van der Waals surface area contributed by atoms with E-state index >= 15 is 0 Å². The minimum Gasteiger partial charge on any atom is -0.480 e. The Hall–Kier alpha value is -3.42. The Morgan fingerprint density at radius 3 is 2.48 bits per heavy atom. The highest BCUT2D eigenvalue weighted by Gasteiger charge is 2.33. The van der Waals surface area contributed by atoms with Crippen LogP contribution in [-0.4, -0.2) is 86.4 Å². The van der Waals surface area contributed by atoms with Crippen molar-refractivity contribution < 1.29 is 27.9 Å². The number of halogens is 3. The third kappa shape index (κ3) is 7.62. The van der Waals surface area contributed by atoms with Crippen molar-refractivity contribution in [3.05, 3.63) is 57.3 Å². The van der Waals surface area contributed by atoms with Gasteiger partial charge in [0, 0.05) is 48.7 Å². The van der Waals surface area contributed by atoms with Crippen LogP contribution in [-0.2, 0) is 23.9 Å². The van der Waals surface area contributed by atoms with Gasteiger partial charge in [-0.25, -0.2) is 15.0 Å². The summed E-state index contributed by atoms with van der Waals surface area (Å²) in [4.78, 5) is 44.8. The number of Topliss-reactive ketones (excluding diaryl/α,β-unsaturated/α-hetero) is 1. The number of aromatic nitrogens is 3. The number of piperazine rings is 1. The summed E-state index contributed by atoms with van der Waals surface area (Å²) in [5.41, 5.74) is 0.507. The Balaban J connectivity index is 0.00000442. The Morgan fingerprint density at radius 1 is 1.09 bits per heavy atom.